The first kappa shape index (κ1) is 10.4. The number of carbonyl (C=O) groups is 1. The lowest BCUT2D eigenvalue weighted by Crippen LogP contribution is -2.27. The van der Waals surface area contributed by atoms with Crippen molar-refractivity contribution in [2.24, 2.45) is 0 Å². The van der Waals surface area contributed by atoms with Crippen LogP contribution in [0.15, 0.2) is 12.2 Å². The number of ketones is 1. The summed E-state index contributed by atoms with van der Waals surface area (Å²) >= 11 is 0. The van der Waals surface area contributed by atoms with E-state index in [1.807, 2.05) is 25.9 Å². The Bertz CT molecular complexity index is 161. The van der Waals surface area contributed by atoms with Crippen LogP contribution in [0.2, 0.25) is 0 Å². The molecule has 2 nitrogen and oxygen atoms in total. The topological polar surface area (TPSA) is 20.3 Å². The molecule has 0 heterocycles. The summed E-state index contributed by atoms with van der Waals surface area (Å²) in [5, 5.41) is 0. The van der Waals surface area contributed by atoms with Crippen molar-refractivity contribution >= 4 is 5.78 Å². The molecule has 0 fully saturated rings. The third kappa shape index (κ3) is 3.94. The standard InChI is InChI=1S/C9H17NO/c1-7(2)9(11)6-8(3)10(4)5/h8H,1,6H2,2-5H3. The minimum atomic E-state index is 0.159. The van der Waals surface area contributed by atoms with E-state index in [-0.39, 0.29) is 5.78 Å². The first-order chi connectivity index (χ1) is 4.95. The summed E-state index contributed by atoms with van der Waals surface area (Å²) in [6, 6.07) is 0.305. The molecule has 0 radical (unpaired) electrons. The van der Waals surface area contributed by atoms with E-state index in [9.17, 15) is 4.79 Å². The Kier molecular flexibility index (Phi) is 4.04. The Morgan fingerprint density at radius 1 is 1.55 bits per heavy atom. The van der Waals surface area contributed by atoms with Gasteiger partial charge in [0.05, 0.1) is 0 Å². The van der Waals surface area contributed by atoms with Gasteiger partial charge in [-0.2, -0.15) is 0 Å². The van der Waals surface area contributed by atoms with Gasteiger partial charge in [-0.25, -0.2) is 0 Å². The van der Waals surface area contributed by atoms with Crippen LogP contribution in [0.1, 0.15) is 20.3 Å². The van der Waals surface area contributed by atoms with Crippen molar-refractivity contribution < 1.29 is 4.79 Å². The predicted octanol–water partition coefficient (Wildman–Crippen LogP) is 1.47. The quantitative estimate of drug-likeness (QED) is 0.573. The predicted molar refractivity (Wildman–Crippen MR) is 47.6 cm³/mol. The van der Waals surface area contributed by atoms with Crippen LogP contribution in [0, 0.1) is 0 Å². The average molecular weight is 155 g/mol. The van der Waals surface area contributed by atoms with Crippen LogP contribution in [-0.2, 0) is 4.79 Å². The second kappa shape index (κ2) is 4.29. The first-order valence-electron chi connectivity index (χ1n) is 3.80. The molecule has 2 heteroatoms. The number of carbonyl (C=O) groups excluding carboxylic acids is 1. The average Bonchev–Trinajstić information content (AvgIpc) is 1.87. The largest absolute Gasteiger partial charge is 0.306 e. The first-order valence-corrected chi connectivity index (χ1v) is 3.80. The fraction of sp³-hybridized carbons (Fsp3) is 0.667. The molecule has 0 aliphatic heterocycles. The number of Topliss-reactive ketones (excluding diaryl/α,β-unsaturated/α-hetero) is 1. The van der Waals surface area contributed by atoms with Gasteiger partial charge in [0.15, 0.2) is 5.78 Å². The van der Waals surface area contributed by atoms with Gasteiger partial charge in [-0.1, -0.05) is 6.58 Å². The summed E-state index contributed by atoms with van der Waals surface area (Å²) < 4.78 is 0. The second-order valence-corrected chi connectivity index (χ2v) is 3.22. The maximum atomic E-state index is 11.1. The minimum Gasteiger partial charge on any atom is -0.306 e. The molecule has 11 heavy (non-hydrogen) atoms. The molecule has 0 N–H and O–H groups in total. The van der Waals surface area contributed by atoms with Gasteiger partial charge in [0, 0.05) is 12.5 Å². The van der Waals surface area contributed by atoms with Crippen LogP contribution < -0.4 is 0 Å². The molecule has 0 aromatic rings. The zero-order chi connectivity index (χ0) is 9.02. The Morgan fingerprint density at radius 3 is 2.27 bits per heavy atom. The van der Waals surface area contributed by atoms with Crippen LogP contribution in [0.4, 0.5) is 0 Å². The van der Waals surface area contributed by atoms with Gasteiger partial charge in [-0.3, -0.25) is 4.79 Å². The number of rotatable bonds is 4. The SMILES string of the molecule is C=C(C)C(=O)CC(C)N(C)C. The van der Waals surface area contributed by atoms with Crippen molar-refractivity contribution in [3.63, 3.8) is 0 Å². The van der Waals surface area contributed by atoms with Crippen LogP contribution in [0.5, 0.6) is 0 Å². The van der Waals surface area contributed by atoms with Gasteiger partial charge in [-0.05, 0) is 33.5 Å². The van der Waals surface area contributed by atoms with Gasteiger partial charge in [-0.15, -0.1) is 0 Å². The van der Waals surface area contributed by atoms with Crippen molar-refractivity contribution in [2.45, 2.75) is 26.3 Å². The second-order valence-electron chi connectivity index (χ2n) is 3.22. The van der Waals surface area contributed by atoms with E-state index >= 15 is 0 Å². The lowest BCUT2D eigenvalue weighted by atomic mass is 10.1. The van der Waals surface area contributed by atoms with Crippen LogP contribution in [0.3, 0.4) is 0 Å². The van der Waals surface area contributed by atoms with Crippen LogP contribution in [0.25, 0.3) is 0 Å². The summed E-state index contributed by atoms with van der Waals surface area (Å²) in [6.45, 7) is 7.38. The van der Waals surface area contributed by atoms with Gasteiger partial charge in [0.25, 0.3) is 0 Å². The Hall–Kier alpha value is -0.630. The Labute approximate surface area is 68.9 Å². The summed E-state index contributed by atoms with van der Waals surface area (Å²) in [5.74, 6) is 0.159. The molecule has 1 atom stereocenters. The number of hydrogen-bond acceptors (Lipinski definition) is 2. The molecular formula is C9H17NO. The van der Waals surface area contributed by atoms with Crippen molar-refractivity contribution in [1.82, 2.24) is 4.90 Å². The summed E-state index contributed by atoms with van der Waals surface area (Å²) in [7, 11) is 3.94. The number of nitrogens with zero attached hydrogens (tertiary/aromatic N) is 1. The maximum Gasteiger partial charge on any atom is 0.159 e. The van der Waals surface area contributed by atoms with Crippen molar-refractivity contribution in [2.75, 3.05) is 14.1 Å². The molecule has 0 amide bonds. The fourth-order valence-corrected chi connectivity index (χ4v) is 0.625. The van der Waals surface area contributed by atoms with Crippen molar-refractivity contribution in [3.8, 4) is 0 Å². The van der Waals surface area contributed by atoms with Gasteiger partial charge >= 0.3 is 0 Å². The highest BCUT2D eigenvalue weighted by molar-refractivity contribution is 5.94. The molecule has 1 unspecified atom stereocenters. The van der Waals surface area contributed by atoms with E-state index in [4.69, 9.17) is 0 Å². The lowest BCUT2D eigenvalue weighted by Gasteiger charge is -2.18. The molecule has 0 aromatic heterocycles. The van der Waals surface area contributed by atoms with Crippen LogP contribution >= 0.6 is 0 Å². The molecule has 0 rings (SSSR count). The molecule has 0 bridgehead atoms. The number of allylic oxidation sites excluding steroid dienone is 1. The van der Waals surface area contributed by atoms with E-state index < -0.39 is 0 Å². The molecule has 0 spiro atoms. The van der Waals surface area contributed by atoms with Crippen molar-refractivity contribution in [3.05, 3.63) is 12.2 Å². The van der Waals surface area contributed by atoms with Crippen molar-refractivity contribution in [1.29, 1.82) is 0 Å². The van der Waals surface area contributed by atoms with Gasteiger partial charge in [0.1, 0.15) is 0 Å². The third-order valence-electron chi connectivity index (χ3n) is 1.84. The van der Waals surface area contributed by atoms with E-state index in [0.29, 0.717) is 18.0 Å². The van der Waals surface area contributed by atoms with Gasteiger partial charge < -0.3 is 4.90 Å². The van der Waals surface area contributed by atoms with E-state index in [1.165, 1.54) is 0 Å². The highest BCUT2D eigenvalue weighted by atomic mass is 16.1. The fourth-order valence-electron chi connectivity index (χ4n) is 0.625. The normalized spacial score (nSPS) is 13.2. The number of hydrogen-bond donors (Lipinski definition) is 0. The summed E-state index contributed by atoms with van der Waals surface area (Å²) in [6.07, 6.45) is 0.572. The van der Waals surface area contributed by atoms with E-state index in [2.05, 4.69) is 6.58 Å². The van der Waals surface area contributed by atoms with Gasteiger partial charge in [0.2, 0.25) is 0 Å². The molecule has 0 aliphatic carbocycles. The minimum absolute atomic E-state index is 0.159. The van der Waals surface area contributed by atoms with Crippen LogP contribution in [-0.4, -0.2) is 30.8 Å². The molecule has 0 aliphatic rings. The van der Waals surface area contributed by atoms with E-state index in [1.54, 1.807) is 6.92 Å². The molecule has 0 saturated heterocycles. The third-order valence-corrected chi connectivity index (χ3v) is 1.84. The Morgan fingerprint density at radius 2 is 2.00 bits per heavy atom. The Balaban J connectivity index is 3.85. The molecule has 0 saturated carbocycles. The molecule has 0 aromatic carbocycles. The maximum absolute atomic E-state index is 11.1. The molecular weight excluding hydrogens is 138 g/mol. The highest BCUT2D eigenvalue weighted by Gasteiger charge is 2.10. The summed E-state index contributed by atoms with van der Waals surface area (Å²) in [4.78, 5) is 13.2. The van der Waals surface area contributed by atoms with E-state index in [0.717, 1.165) is 0 Å². The summed E-state index contributed by atoms with van der Waals surface area (Å²) in [5.41, 5.74) is 0.652. The zero-order valence-electron chi connectivity index (χ0n) is 7.85. The lowest BCUT2D eigenvalue weighted by molar-refractivity contribution is -0.116. The monoisotopic (exact) mass is 155 g/mol. The highest BCUT2D eigenvalue weighted by Crippen LogP contribution is 2.03. The smallest absolute Gasteiger partial charge is 0.159 e. The molecule has 64 valence electrons. The zero-order valence-corrected chi connectivity index (χ0v) is 7.85.